The van der Waals surface area contributed by atoms with Crippen LogP contribution in [0.4, 0.5) is 0 Å². The molecule has 0 heterocycles. The molecule has 0 fully saturated rings. The predicted octanol–water partition coefficient (Wildman–Crippen LogP) is 3.08. The fraction of sp³-hybridized carbons (Fsp3) is 0.182. The number of halogens is 5. The van der Waals surface area contributed by atoms with Gasteiger partial charge in [-0.2, -0.15) is 36.4 Å². The third kappa shape index (κ3) is 13.1. The van der Waals surface area contributed by atoms with E-state index >= 15 is 0 Å². The molecule has 8 heteroatoms. The van der Waals surface area contributed by atoms with Crippen molar-refractivity contribution in [2.75, 3.05) is 11.0 Å². The molecular formula is C22H25BrCl4MgSi2. The van der Waals surface area contributed by atoms with Crippen molar-refractivity contribution in [3.05, 3.63) is 97.1 Å². The average molecular weight is 592 g/mol. The molecule has 0 spiro atoms. The molecule has 0 amide bonds. The Morgan fingerprint density at radius 2 is 1.00 bits per heavy atom. The van der Waals surface area contributed by atoms with Crippen molar-refractivity contribution in [2.45, 2.75) is 13.1 Å². The maximum absolute atomic E-state index is 6.24. The van der Waals surface area contributed by atoms with E-state index in [1.54, 1.807) is 6.55 Å². The van der Waals surface area contributed by atoms with Crippen molar-refractivity contribution < 1.29 is 17.0 Å². The third-order valence-electron chi connectivity index (χ3n) is 3.93. The Kier molecular flexibility index (Phi) is 19.6. The topological polar surface area (TPSA) is 0 Å². The maximum Gasteiger partial charge on any atom is 2.00 e. The van der Waals surface area contributed by atoms with E-state index < -0.39 is 14.8 Å². The first kappa shape index (κ1) is 32.7. The molecule has 0 N–H and O–H groups in total. The van der Waals surface area contributed by atoms with E-state index in [4.69, 9.17) is 45.4 Å². The Hall–Kier alpha value is 0.500. The van der Waals surface area contributed by atoms with Gasteiger partial charge < -0.3 is 17.0 Å². The minimum atomic E-state index is -1.92. The van der Waals surface area contributed by atoms with Crippen molar-refractivity contribution in [3.63, 3.8) is 0 Å². The van der Waals surface area contributed by atoms with Crippen LogP contribution in [0.15, 0.2) is 91.0 Å². The Bertz CT molecular complexity index is 694. The molecule has 3 rings (SSSR count). The molecule has 0 atom stereocenters. The summed E-state index contributed by atoms with van der Waals surface area (Å²) in [6, 6.07) is 33.8. The summed E-state index contributed by atoms with van der Waals surface area (Å²) in [6.45, 7) is 2.18. The molecule has 0 bridgehead atoms. The fourth-order valence-corrected chi connectivity index (χ4v) is 5.70. The van der Waals surface area contributed by atoms with E-state index in [2.05, 4.69) is 73.3 Å². The Balaban J connectivity index is 0. The minimum Gasteiger partial charge on any atom is -1.00 e. The zero-order chi connectivity index (χ0) is 20.9. The molecule has 0 aliphatic rings. The number of alkyl halides is 2. The zero-order valence-corrected chi connectivity index (χ0v) is 25.2. The summed E-state index contributed by atoms with van der Waals surface area (Å²) in [7, 11) is -1.71. The standard InChI is InChI=1S/C14H15ClSi.C6H5.C2H5Cl3Si.BrH.Mg/c1-16(12-15,13-8-4-2-5-9-13)14-10-6-3-7-11-14;1-2-4-6-5-3-1;1-6(4,5)2-3;;/h2-11H,12H2,1H3;1-5H;2H2,1H3;1H;/q;-1;;;+2/p-1. The maximum atomic E-state index is 6.24. The van der Waals surface area contributed by atoms with Gasteiger partial charge in [-0.05, 0) is 6.55 Å². The monoisotopic (exact) mass is 588 g/mol. The van der Waals surface area contributed by atoms with Gasteiger partial charge in [0.2, 0.25) is 0 Å². The summed E-state index contributed by atoms with van der Waals surface area (Å²) in [5, 5.41) is 2.80. The first-order valence-electron chi connectivity index (χ1n) is 8.85. The number of hydrogen-bond acceptors (Lipinski definition) is 0. The second kappa shape index (κ2) is 18.0. The predicted molar refractivity (Wildman–Crippen MR) is 140 cm³/mol. The molecular weight excluding hydrogens is 566 g/mol. The molecule has 0 aromatic heterocycles. The van der Waals surface area contributed by atoms with Crippen LogP contribution in [0.1, 0.15) is 0 Å². The summed E-state index contributed by atoms with van der Waals surface area (Å²) in [5.74, 6) is 0. The molecule has 0 aliphatic carbocycles. The Labute approximate surface area is 229 Å². The van der Waals surface area contributed by atoms with Crippen LogP contribution in [0, 0.1) is 6.07 Å². The molecule has 0 saturated heterocycles. The summed E-state index contributed by atoms with van der Waals surface area (Å²) < 4.78 is 0. The van der Waals surface area contributed by atoms with Crippen molar-refractivity contribution in [3.8, 4) is 0 Å². The normalized spacial score (nSPS) is 10.1. The van der Waals surface area contributed by atoms with Crippen molar-refractivity contribution in [1.82, 2.24) is 0 Å². The quantitative estimate of drug-likeness (QED) is 0.190. The molecule has 3 aromatic rings. The van der Waals surface area contributed by atoms with Gasteiger partial charge in [-0.3, -0.25) is 0 Å². The Morgan fingerprint density at radius 3 is 1.20 bits per heavy atom. The number of benzene rings is 3. The molecule has 30 heavy (non-hydrogen) atoms. The first-order chi connectivity index (χ1) is 13.3. The summed E-state index contributed by atoms with van der Waals surface area (Å²) in [4.78, 5) is 0. The summed E-state index contributed by atoms with van der Waals surface area (Å²) in [5.41, 5.74) is 1.14. The summed E-state index contributed by atoms with van der Waals surface area (Å²) >= 11 is 22.5. The largest absolute Gasteiger partial charge is 2.00 e. The number of rotatable bonds is 4. The van der Waals surface area contributed by atoms with E-state index in [-0.39, 0.29) is 40.0 Å². The van der Waals surface area contributed by atoms with Crippen LogP contribution < -0.4 is 27.4 Å². The summed E-state index contributed by atoms with van der Waals surface area (Å²) in [6.07, 6.45) is 0. The molecule has 0 unspecified atom stereocenters. The van der Waals surface area contributed by atoms with Gasteiger partial charge in [0.05, 0.1) is 0 Å². The average Bonchev–Trinajstić information content (AvgIpc) is 2.76. The van der Waals surface area contributed by atoms with E-state index in [1.165, 1.54) is 10.4 Å². The van der Waals surface area contributed by atoms with Crippen LogP contribution >= 0.6 is 45.4 Å². The third-order valence-corrected chi connectivity index (χ3v) is 13.0. The van der Waals surface area contributed by atoms with E-state index in [9.17, 15) is 0 Å². The second-order valence-corrected chi connectivity index (χ2v) is 20.2. The van der Waals surface area contributed by atoms with Gasteiger partial charge in [0.1, 0.15) is 8.07 Å². The van der Waals surface area contributed by atoms with Crippen LogP contribution in [0.2, 0.25) is 13.1 Å². The first-order valence-corrected chi connectivity index (χ1v) is 17.4. The van der Waals surface area contributed by atoms with Gasteiger partial charge >= 0.3 is 23.1 Å². The van der Waals surface area contributed by atoms with Crippen LogP contribution in [0.5, 0.6) is 0 Å². The molecule has 0 aliphatic heterocycles. The van der Waals surface area contributed by atoms with Gasteiger partial charge in [-0.25, -0.2) is 0 Å². The minimum absolute atomic E-state index is 0. The smallest absolute Gasteiger partial charge is 1.00 e. The molecule has 158 valence electrons. The van der Waals surface area contributed by atoms with Gasteiger partial charge in [-0.15, -0.1) is 45.4 Å². The van der Waals surface area contributed by atoms with Gasteiger partial charge in [-0.1, -0.05) is 77.6 Å². The SMILES string of the molecule is C[Si](CCl)(c1ccccc1)c1ccccc1.C[Si](Cl)(Cl)CCl.[Br-].[Mg+2].[c-]1ccccc1. The van der Waals surface area contributed by atoms with Gasteiger partial charge in [0.25, 0.3) is 6.69 Å². The second-order valence-electron chi connectivity index (χ2n) is 6.48. The van der Waals surface area contributed by atoms with Crippen molar-refractivity contribution >= 4 is 93.6 Å². The van der Waals surface area contributed by atoms with E-state index in [0.717, 1.165) is 5.50 Å². The van der Waals surface area contributed by atoms with Gasteiger partial charge in [0.15, 0.2) is 0 Å². The fourth-order valence-electron chi connectivity index (χ4n) is 2.27. The molecule has 0 saturated carbocycles. The zero-order valence-electron chi connectivity index (χ0n) is 17.2. The van der Waals surface area contributed by atoms with Crippen LogP contribution in [0.25, 0.3) is 0 Å². The van der Waals surface area contributed by atoms with Crippen LogP contribution in [-0.2, 0) is 0 Å². The van der Waals surface area contributed by atoms with E-state index in [1.807, 2.05) is 30.3 Å². The number of hydrogen-bond donors (Lipinski definition) is 0. The van der Waals surface area contributed by atoms with Crippen molar-refractivity contribution in [2.24, 2.45) is 0 Å². The van der Waals surface area contributed by atoms with E-state index in [0.29, 0.717) is 5.50 Å². The van der Waals surface area contributed by atoms with Gasteiger partial charge in [0, 0.05) is 11.0 Å². The molecule has 0 nitrogen and oxygen atoms in total. The Morgan fingerprint density at radius 1 is 0.667 bits per heavy atom. The van der Waals surface area contributed by atoms with Crippen LogP contribution in [0.3, 0.4) is 0 Å². The van der Waals surface area contributed by atoms with Crippen molar-refractivity contribution in [1.29, 1.82) is 0 Å². The van der Waals surface area contributed by atoms with Crippen LogP contribution in [-0.4, -0.2) is 48.8 Å². The molecule has 3 aromatic carbocycles. The molecule has 0 radical (unpaired) electrons.